The van der Waals surface area contributed by atoms with Gasteiger partial charge in [0.2, 0.25) is 11.8 Å². The van der Waals surface area contributed by atoms with Gasteiger partial charge in [-0.1, -0.05) is 13.3 Å². The predicted molar refractivity (Wildman–Crippen MR) is 76.0 cm³/mol. The third-order valence-corrected chi connectivity index (χ3v) is 4.58. The molecule has 0 aromatic rings. The first-order chi connectivity index (χ1) is 9.46. The normalized spacial score (nSPS) is 23.2. The van der Waals surface area contributed by atoms with E-state index in [2.05, 4.69) is 5.32 Å². The van der Waals surface area contributed by atoms with Crippen LogP contribution in [0.2, 0.25) is 0 Å². The van der Waals surface area contributed by atoms with Crippen molar-refractivity contribution in [2.24, 2.45) is 5.92 Å². The van der Waals surface area contributed by atoms with E-state index in [4.69, 9.17) is 0 Å². The fourth-order valence-corrected chi connectivity index (χ4v) is 3.19. The average molecular weight is 282 g/mol. The van der Waals surface area contributed by atoms with Gasteiger partial charge in [-0.05, 0) is 38.0 Å². The van der Waals surface area contributed by atoms with Crippen molar-refractivity contribution in [3.8, 4) is 0 Å². The first kappa shape index (κ1) is 15.3. The maximum absolute atomic E-state index is 12.4. The van der Waals surface area contributed by atoms with Crippen molar-refractivity contribution in [2.45, 2.75) is 64.0 Å². The van der Waals surface area contributed by atoms with Crippen molar-refractivity contribution >= 4 is 11.8 Å². The van der Waals surface area contributed by atoms with Crippen LogP contribution < -0.4 is 5.32 Å². The fraction of sp³-hybridized carbons (Fsp3) is 0.867. The summed E-state index contributed by atoms with van der Waals surface area (Å²) in [6.45, 7) is 4.86. The maximum atomic E-state index is 12.4. The van der Waals surface area contributed by atoms with Gasteiger partial charge in [0, 0.05) is 20.0 Å². The number of amides is 2. The van der Waals surface area contributed by atoms with E-state index in [-0.39, 0.29) is 11.8 Å². The highest BCUT2D eigenvalue weighted by Gasteiger charge is 2.48. The Hall–Kier alpha value is -1.10. The minimum atomic E-state index is -0.435. The van der Waals surface area contributed by atoms with Crippen molar-refractivity contribution < 1.29 is 14.7 Å². The molecule has 1 saturated carbocycles. The average Bonchev–Trinajstić information content (AvgIpc) is 3.16. The lowest BCUT2D eigenvalue weighted by molar-refractivity contribution is -0.138. The van der Waals surface area contributed by atoms with E-state index in [9.17, 15) is 14.7 Å². The molecule has 1 unspecified atom stereocenters. The van der Waals surface area contributed by atoms with Crippen LogP contribution in [0.1, 0.15) is 52.4 Å². The highest BCUT2D eigenvalue weighted by molar-refractivity contribution is 5.86. The van der Waals surface area contributed by atoms with Crippen LogP contribution in [0.3, 0.4) is 0 Å². The summed E-state index contributed by atoms with van der Waals surface area (Å²) in [6, 6.07) is -0.391. The smallest absolute Gasteiger partial charge is 0.245 e. The highest BCUT2D eigenvalue weighted by atomic mass is 16.3. The second-order valence-electron chi connectivity index (χ2n) is 6.24. The Morgan fingerprint density at radius 2 is 1.95 bits per heavy atom. The molecule has 2 rings (SSSR count). The van der Waals surface area contributed by atoms with E-state index in [1.54, 1.807) is 0 Å². The molecule has 0 spiro atoms. The molecule has 1 saturated heterocycles. The van der Waals surface area contributed by atoms with Crippen molar-refractivity contribution in [1.82, 2.24) is 10.2 Å². The van der Waals surface area contributed by atoms with Crippen LogP contribution in [0.5, 0.6) is 0 Å². The number of nitrogens with one attached hydrogen (secondary N) is 1. The lowest BCUT2D eigenvalue weighted by Crippen LogP contribution is -2.51. The molecule has 0 radical (unpaired) electrons. The maximum Gasteiger partial charge on any atom is 0.245 e. The number of nitrogens with zero attached hydrogens (tertiary/aromatic N) is 1. The quantitative estimate of drug-likeness (QED) is 0.792. The molecule has 20 heavy (non-hydrogen) atoms. The number of carbonyl (C=O) groups is 2. The van der Waals surface area contributed by atoms with Crippen LogP contribution in [0.15, 0.2) is 0 Å². The summed E-state index contributed by atoms with van der Waals surface area (Å²) in [6.07, 6.45) is 5.13. The van der Waals surface area contributed by atoms with E-state index in [1.165, 1.54) is 6.92 Å². The number of rotatable bonds is 5. The van der Waals surface area contributed by atoms with E-state index < -0.39 is 11.6 Å². The molecule has 1 heterocycles. The van der Waals surface area contributed by atoms with E-state index in [0.29, 0.717) is 25.4 Å². The Balaban J connectivity index is 1.87. The van der Waals surface area contributed by atoms with Gasteiger partial charge in [-0.25, -0.2) is 0 Å². The van der Waals surface area contributed by atoms with Crippen LogP contribution in [-0.4, -0.2) is 46.6 Å². The minimum absolute atomic E-state index is 0.0308. The SMILES string of the molecule is CCCC(NC(C)=O)C(=O)N1CCC(C2(O)CC2)CC1. The van der Waals surface area contributed by atoms with Gasteiger partial charge in [0.1, 0.15) is 6.04 Å². The Bertz CT molecular complexity index is 371. The molecule has 2 N–H and O–H groups in total. The molecule has 2 amide bonds. The molecule has 2 fully saturated rings. The van der Waals surface area contributed by atoms with Gasteiger partial charge in [-0.2, -0.15) is 0 Å². The molecule has 1 aliphatic carbocycles. The van der Waals surface area contributed by atoms with Crippen LogP contribution in [-0.2, 0) is 9.59 Å². The number of carbonyl (C=O) groups excluding carboxylic acids is 2. The molecule has 114 valence electrons. The molecular weight excluding hydrogens is 256 g/mol. The van der Waals surface area contributed by atoms with Crippen molar-refractivity contribution in [1.29, 1.82) is 0 Å². The van der Waals surface area contributed by atoms with E-state index >= 15 is 0 Å². The number of aliphatic hydroxyl groups is 1. The molecule has 5 heteroatoms. The molecule has 0 aromatic heterocycles. The lowest BCUT2D eigenvalue weighted by atomic mass is 9.89. The zero-order chi connectivity index (χ0) is 14.8. The molecule has 1 atom stereocenters. The fourth-order valence-electron chi connectivity index (χ4n) is 3.19. The second kappa shape index (κ2) is 6.12. The van der Waals surface area contributed by atoms with Gasteiger partial charge in [-0.15, -0.1) is 0 Å². The van der Waals surface area contributed by atoms with Gasteiger partial charge in [0.25, 0.3) is 0 Å². The summed E-state index contributed by atoms with van der Waals surface area (Å²) in [5.74, 6) is 0.221. The van der Waals surface area contributed by atoms with Gasteiger partial charge in [0.05, 0.1) is 5.60 Å². The van der Waals surface area contributed by atoms with Crippen LogP contribution in [0.25, 0.3) is 0 Å². The molecular formula is C15H26N2O3. The Labute approximate surface area is 120 Å². The van der Waals surface area contributed by atoms with Crippen LogP contribution in [0, 0.1) is 5.92 Å². The van der Waals surface area contributed by atoms with Gasteiger partial charge >= 0.3 is 0 Å². The summed E-state index contributed by atoms with van der Waals surface area (Å²) in [7, 11) is 0. The molecule has 1 aliphatic heterocycles. The third-order valence-electron chi connectivity index (χ3n) is 4.58. The van der Waals surface area contributed by atoms with Crippen molar-refractivity contribution in [3.05, 3.63) is 0 Å². The lowest BCUT2D eigenvalue weighted by Gasteiger charge is -2.36. The summed E-state index contributed by atoms with van der Waals surface area (Å²) in [5.41, 5.74) is -0.435. The second-order valence-corrected chi connectivity index (χ2v) is 6.24. The zero-order valence-electron chi connectivity index (χ0n) is 12.5. The molecule has 0 bridgehead atoms. The summed E-state index contributed by atoms with van der Waals surface area (Å²) >= 11 is 0. The standard InChI is InChI=1S/C15H26N2O3/c1-3-4-13(16-11(2)18)14(19)17-9-5-12(6-10-17)15(20)7-8-15/h12-13,20H,3-10H2,1-2H3,(H,16,18). The number of hydrogen-bond donors (Lipinski definition) is 2. The van der Waals surface area contributed by atoms with Gasteiger partial charge in [-0.3, -0.25) is 9.59 Å². The van der Waals surface area contributed by atoms with Crippen LogP contribution >= 0.6 is 0 Å². The highest BCUT2D eigenvalue weighted by Crippen LogP contribution is 2.46. The zero-order valence-corrected chi connectivity index (χ0v) is 12.5. The first-order valence-electron chi connectivity index (χ1n) is 7.74. The van der Waals surface area contributed by atoms with Crippen LogP contribution in [0.4, 0.5) is 0 Å². The first-order valence-corrected chi connectivity index (χ1v) is 7.74. The Morgan fingerprint density at radius 3 is 2.40 bits per heavy atom. The molecule has 0 aromatic carbocycles. The predicted octanol–water partition coefficient (Wildman–Crippen LogP) is 1.05. The van der Waals surface area contributed by atoms with Crippen molar-refractivity contribution in [3.63, 3.8) is 0 Å². The third kappa shape index (κ3) is 3.51. The Kier molecular flexibility index (Phi) is 4.68. The summed E-state index contributed by atoms with van der Waals surface area (Å²) < 4.78 is 0. The summed E-state index contributed by atoms with van der Waals surface area (Å²) in [5, 5.41) is 12.9. The van der Waals surface area contributed by atoms with Gasteiger partial charge in [0.15, 0.2) is 0 Å². The Morgan fingerprint density at radius 1 is 1.35 bits per heavy atom. The van der Waals surface area contributed by atoms with E-state index in [1.807, 2.05) is 11.8 Å². The number of piperidine rings is 1. The monoisotopic (exact) mass is 282 g/mol. The van der Waals surface area contributed by atoms with Crippen molar-refractivity contribution in [2.75, 3.05) is 13.1 Å². The number of hydrogen-bond acceptors (Lipinski definition) is 3. The molecule has 2 aliphatic rings. The van der Waals surface area contributed by atoms with Gasteiger partial charge < -0.3 is 15.3 Å². The minimum Gasteiger partial charge on any atom is -0.390 e. The largest absolute Gasteiger partial charge is 0.390 e. The number of likely N-dealkylation sites (tertiary alicyclic amines) is 1. The topological polar surface area (TPSA) is 69.6 Å². The van der Waals surface area contributed by atoms with E-state index in [0.717, 1.165) is 32.1 Å². The molecule has 5 nitrogen and oxygen atoms in total. The summed E-state index contributed by atoms with van der Waals surface area (Å²) in [4.78, 5) is 25.5.